The van der Waals surface area contributed by atoms with Gasteiger partial charge in [-0.15, -0.1) is 10.2 Å². The molecule has 0 aliphatic carbocycles. The fraction of sp³-hybridized carbons (Fsp3) is 0.625. The molecule has 1 atom stereocenters. The molecule has 6 nitrogen and oxygen atoms in total. The van der Waals surface area contributed by atoms with Crippen LogP contribution in [0.15, 0.2) is 9.50 Å². The van der Waals surface area contributed by atoms with Gasteiger partial charge in [0.25, 0.3) is 0 Å². The fourth-order valence-corrected chi connectivity index (χ4v) is 2.90. The summed E-state index contributed by atoms with van der Waals surface area (Å²) in [5.74, 6) is 0.217. The molecule has 0 amide bonds. The third-order valence-corrected chi connectivity index (χ3v) is 4.40. The molecule has 16 heavy (non-hydrogen) atoms. The largest absolute Gasteiger partial charge is 0.409 e. The number of thioether (sulfide) groups is 1. The zero-order chi connectivity index (χ0) is 12.1. The zero-order valence-corrected chi connectivity index (χ0v) is 11.0. The summed E-state index contributed by atoms with van der Waals surface area (Å²) in [4.78, 5) is 1.90. The SMILES string of the molecule is CCC(Sc1nnc(N(C)C)s1)C(N)=NO. The maximum Gasteiger partial charge on any atom is 0.208 e. The Morgan fingerprint density at radius 1 is 1.62 bits per heavy atom. The number of amidine groups is 1. The van der Waals surface area contributed by atoms with E-state index in [1.54, 1.807) is 0 Å². The van der Waals surface area contributed by atoms with Crippen molar-refractivity contribution in [3.8, 4) is 0 Å². The Hall–Kier alpha value is -1.02. The smallest absolute Gasteiger partial charge is 0.208 e. The quantitative estimate of drug-likeness (QED) is 0.272. The first-order valence-electron chi connectivity index (χ1n) is 4.73. The maximum atomic E-state index is 8.62. The summed E-state index contributed by atoms with van der Waals surface area (Å²) in [6, 6.07) is 0. The summed E-state index contributed by atoms with van der Waals surface area (Å²) >= 11 is 2.95. The lowest BCUT2D eigenvalue weighted by Gasteiger charge is -2.09. The van der Waals surface area contributed by atoms with E-state index in [1.165, 1.54) is 23.1 Å². The van der Waals surface area contributed by atoms with E-state index in [0.717, 1.165) is 15.9 Å². The number of anilines is 1. The standard InChI is InChI=1S/C8H15N5OS2/c1-4-5(6(9)12-14)15-8-11-10-7(16-8)13(2)3/h5,14H,4H2,1-3H3,(H2,9,12). The number of rotatable bonds is 5. The highest BCUT2D eigenvalue weighted by atomic mass is 32.2. The summed E-state index contributed by atoms with van der Waals surface area (Å²) in [6.07, 6.45) is 0.775. The van der Waals surface area contributed by atoms with Crippen molar-refractivity contribution in [2.75, 3.05) is 19.0 Å². The van der Waals surface area contributed by atoms with E-state index in [4.69, 9.17) is 10.9 Å². The molecule has 1 unspecified atom stereocenters. The molecule has 90 valence electrons. The average molecular weight is 261 g/mol. The Labute approximate surface area is 103 Å². The van der Waals surface area contributed by atoms with E-state index in [1.807, 2.05) is 25.9 Å². The minimum absolute atomic E-state index is 0.0621. The number of hydrogen-bond donors (Lipinski definition) is 2. The van der Waals surface area contributed by atoms with E-state index >= 15 is 0 Å². The second kappa shape index (κ2) is 5.90. The van der Waals surface area contributed by atoms with Gasteiger partial charge in [0.15, 0.2) is 10.2 Å². The van der Waals surface area contributed by atoms with E-state index in [9.17, 15) is 0 Å². The molecular weight excluding hydrogens is 246 g/mol. The van der Waals surface area contributed by atoms with Crippen LogP contribution in [-0.2, 0) is 0 Å². The van der Waals surface area contributed by atoms with Crippen molar-refractivity contribution in [3.05, 3.63) is 0 Å². The molecule has 0 bridgehead atoms. The van der Waals surface area contributed by atoms with Crippen LogP contribution in [-0.4, -0.2) is 40.6 Å². The lowest BCUT2D eigenvalue weighted by Crippen LogP contribution is -2.25. The van der Waals surface area contributed by atoms with Gasteiger partial charge in [-0.3, -0.25) is 0 Å². The second-order valence-corrected chi connectivity index (χ2v) is 5.69. The van der Waals surface area contributed by atoms with E-state index in [0.29, 0.717) is 0 Å². The highest BCUT2D eigenvalue weighted by Gasteiger charge is 2.16. The third-order valence-electron chi connectivity index (χ3n) is 1.84. The lowest BCUT2D eigenvalue weighted by molar-refractivity contribution is 0.317. The third kappa shape index (κ3) is 3.24. The van der Waals surface area contributed by atoms with Crippen molar-refractivity contribution < 1.29 is 5.21 Å². The van der Waals surface area contributed by atoms with Crippen LogP contribution in [0.3, 0.4) is 0 Å². The van der Waals surface area contributed by atoms with Gasteiger partial charge in [-0.1, -0.05) is 35.2 Å². The molecule has 1 aromatic heterocycles. The summed E-state index contributed by atoms with van der Waals surface area (Å²) < 4.78 is 0.821. The van der Waals surface area contributed by atoms with Crippen LogP contribution in [0.1, 0.15) is 13.3 Å². The highest BCUT2D eigenvalue weighted by molar-refractivity contribution is 8.02. The van der Waals surface area contributed by atoms with Gasteiger partial charge in [0.2, 0.25) is 5.13 Å². The minimum atomic E-state index is -0.0621. The van der Waals surface area contributed by atoms with Crippen molar-refractivity contribution in [2.45, 2.75) is 22.9 Å². The molecule has 0 spiro atoms. The van der Waals surface area contributed by atoms with Crippen molar-refractivity contribution in [1.82, 2.24) is 10.2 Å². The number of nitrogens with zero attached hydrogens (tertiary/aromatic N) is 4. The van der Waals surface area contributed by atoms with Gasteiger partial charge in [0, 0.05) is 14.1 Å². The van der Waals surface area contributed by atoms with Crippen LogP contribution in [0.4, 0.5) is 5.13 Å². The minimum Gasteiger partial charge on any atom is -0.409 e. The Morgan fingerprint density at radius 3 is 2.75 bits per heavy atom. The Balaban J connectivity index is 2.71. The van der Waals surface area contributed by atoms with E-state index in [2.05, 4.69) is 15.4 Å². The number of oxime groups is 1. The van der Waals surface area contributed by atoms with E-state index < -0.39 is 0 Å². The molecule has 0 aliphatic heterocycles. The molecule has 1 aromatic rings. The molecule has 0 aliphatic rings. The monoisotopic (exact) mass is 261 g/mol. The molecule has 3 N–H and O–H groups in total. The van der Waals surface area contributed by atoms with E-state index in [-0.39, 0.29) is 11.1 Å². The maximum absolute atomic E-state index is 8.62. The molecule has 1 heterocycles. The first kappa shape index (κ1) is 13.0. The van der Waals surface area contributed by atoms with Gasteiger partial charge in [-0.05, 0) is 6.42 Å². The summed E-state index contributed by atoms with van der Waals surface area (Å²) in [5.41, 5.74) is 5.57. The number of nitrogens with two attached hydrogens (primary N) is 1. The van der Waals surface area contributed by atoms with Crippen LogP contribution < -0.4 is 10.6 Å². The first-order valence-corrected chi connectivity index (χ1v) is 6.43. The average Bonchev–Trinajstić information content (AvgIpc) is 2.73. The van der Waals surface area contributed by atoms with Crippen molar-refractivity contribution in [1.29, 1.82) is 0 Å². The Kier molecular flexibility index (Phi) is 4.81. The fourth-order valence-electron chi connectivity index (χ4n) is 0.970. The Morgan fingerprint density at radius 2 is 2.31 bits per heavy atom. The van der Waals surface area contributed by atoms with Gasteiger partial charge in [-0.2, -0.15) is 0 Å². The molecule has 0 saturated heterocycles. The predicted octanol–water partition coefficient (Wildman–Crippen LogP) is 1.22. The second-order valence-electron chi connectivity index (χ2n) is 3.28. The first-order chi connectivity index (χ1) is 7.58. The molecule has 8 heteroatoms. The Bertz CT molecular complexity index is 365. The van der Waals surface area contributed by atoms with Crippen molar-refractivity contribution in [2.24, 2.45) is 10.9 Å². The van der Waals surface area contributed by atoms with Crippen molar-refractivity contribution in [3.63, 3.8) is 0 Å². The molecule has 0 fully saturated rings. The van der Waals surface area contributed by atoms with Crippen LogP contribution in [0.25, 0.3) is 0 Å². The van der Waals surface area contributed by atoms with Gasteiger partial charge < -0.3 is 15.8 Å². The lowest BCUT2D eigenvalue weighted by atomic mass is 10.3. The van der Waals surface area contributed by atoms with Crippen LogP contribution in [0.5, 0.6) is 0 Å². The van der Waals surface area contributed by atoms with Crippen LogP contribution in [0.2, 0.25) is 0 Å². The predicted molar refractivity (Wildman–Crippen MR) is 67.6 cm³/mol. The normalized spacial score (nSPS) is 13.8. The van der Waals surface area contributed by atoms with Gasteiger partial charge in [0.1, 0.15) is 0 Å². The zero-order valence-electron chi connectivity index (χ0n) is 9.41. The van der Waals surface area contributed by atoms with Gasteiger partial charge in [0.05, 0.1) is 5.25 Å². The summed E-state index contributed by atoms with van der Waals surface area (Å²) in [7, 11) is 3.83. The summed E-state index contributed by atoms with van der Waals surface area (Å²) in [5, 5.41) is 20.5. The molecular formula is C8H15N5OS2. The van der Waals surface area contributed by atoms with Crippen molar-refractivity contribution >= 4 is 34.1 Å². The molecule has 0 radical (unpaired) electrons. The number of aromatic nitrogens is 2. The number of hydrogen-bond acceptors (Lipinski definition) is 7. The molecule has 0 saturated carbocycles. The van der Waals surface area contributed by atoms with Crippen LogP contribution in [0, 0.1) is 0 Å². The molecule has 1 rings (SSSR count). The van der Waals surface area contributed by atoms with Crippen LogP contribution >= 0.6 is 23.1 Å². The molecule has 0 aromatic carbocycles. The van der Waals surface area contributed by atoms with Gasteiger partial charge in [-0.25, -0.2) is 0 Å². The highest BCUT2D eigenvalue weighted by Crippen LogP contribution is 2.31. The topological polar surface area (TPSA) is 87.6 Å². The summed E-state index contributed by atoms with van der Waals surface area (Å²) in [6.45, 7) is 1.98. The van der Waals surface area contributed by atoms with Gasteiger partial charge >= 0.3 is 0 Å².